The lowest BCUT2D eigenvalue weighted by molar-refractivity contribution is -0.116. The molecular formula is C17H14N4OS2. The Morgan fingerprint density at radius 3 is 2.79 bits per heavy atom. The molecule has 3 aromatic rings. The Balaban J connectivity index is 1.80. The van der Waals surface area contributed by atoms with Gasteiger partial charge in [-0.15, -0.1) is 11.3 Å². The lowest BCUT2D eigenvalue weighted by Crippen LogP contribution is -2.13. The Morgan fingerprint density at radius 2 is 2.08 bits per heavy atom. The number of hydrogen-bond acceptors (Lipinski definition) is 7. The normalized spacial score (nSPS) is 12.0. The van der Waals surface area contributed by atoms with E-state index in [0.717, 1.165) is 21.6 Å². The van der Waals surface area contributed by atoms with Gasteiger partial charge in [0.05, 0.1) is 17.3 Å². The number of nitriles is 1. The van der Waals surface area contributed by atoms with E-state index in [4.69, 9.17) is 0 Å². The molecule has 0 radical (unpaired) electrons. The average molecular weight is 354 g/mol. The standard InChI is InChI=1S/C17H14N4OS2/c1-10-8-23-17(19-10)13(7-18)15(22)9-24-16-12-5-3-4-6-14(12)20-11(2)21-16/h3-6,8,13H,9H2,1-2H3/t13-/m0/s1. The van der Waals surface area contributed by atoms with Crippen LogP contribution in [0.15, 0.2) is 34.7 Å². The number of nitrogens with zero attached hydrogens (tertiary/aromatic N) is 4. The fourth-order valence-corrected chi connectivity index (χ4v) is 4.09. The average Bonchev–Trinajstić information content (AvgIpc) is 2.99. The molecule has 1 atom stereocenters. The molecule has 0 aliphatic heterocycles. The van der Waals surface area contributed by atoms with E-state index in [1.165, 1.54) is 23.1 Å². The van der Waals surface area contributed by atoms with Crippen LogP contribution < -0.4 is 0 Å². The molecule has 2 heterocycles. The Hall–Kier alpha value is -2.30. The minimum atomic E-state index is -0.814. The van der Waals surface area contributed by atoms with Crippen LogP contribution in [-0.4, -0.2) is 26.5 Å². The van der Waals surface area contributed by atoms with Crippen LogP contribution in [0.2, 0.25) is 0 Å². The summed E-state index contributed by atoms with van der Waals surface area (Å²) in [6.07, 6.45) is 0. The number of ketones is 1. The van der Waals surface area contributed by atoms with Gasteiger partial charge in [-0.1, -0.05) is 30.0 Å². The first kappa shape index (κ1) is 16.6. The van der Waals surface area contributed by atoms with Gasteiger partial charge in [-0.2, -0.15) is 5.26 Å². The van der Waals surface area contributed by atoms with E-state index in [0.29, 0.717) is 10.8 Å². The van der Waals surface area contributed by atoms with E-state index in [1.807, 2.05) is 43.5 Å². The fourth-order valence-electron chi connectivity index (χ4n) is 2.26. The van der Waals surface area contributed by atoms with Crippen molar-refractivity contribution in [2.24, 2.45) is 0 Å². The summed E-state index contributed by atoms with van der Waals surface area (Å²) in [7, 11) is 0. The smallest absolute Gasteiger partial charge is 0.167 e. The van der Waals surface area contributed by atoms with Crippen molar-refractivity contribution in [3.05, 3.63) is 46.2 Å². The molecule has 7 heteroatoms. The van der Waals surface area contributed by atoms with Crippen LogP contribution in [-0.2, 0) is 4.79 Å². The Bertz CT molecular complexity index is 945. The van der Waals surface area contributed by atoms with Crippen LogP contribution in [0.5, 0.6) is 0 Å². The van der Waals surface area contributed by atoms with Crippen molar-refractivity contribution in [1.82, 2.24) is 15.0 Å². The monoisotopic (exact) mass is 354 g/mol. The van der Waals surface area contributed by atoms with E-state index in [9.17, 15) is 10.1 Å². The molecule has 1 aromatic carbocycles. The minimum absolute atomic E-state index is 0.155. The van der Waals surface area contributed by atoms with E-state index in [-0.39, 0.29) is 11.5 Å². The predicted octanol–water partition coefficient (Wildman–Crippen LogP) is 3.67. The van der Waals surface area contributed by atoms with Crippen molar-refractivity contribution in [3.8, 4) is 6.07 Å². The van der Waals surface area contributed by atoms with Crippen molar-refractivity contribution < 1.29 is 4.79 Å². The molecule has 0 amide bonds. The molecule has 5 nitrogen and oxygen atoms in total. The first-order chi connectivity index (χ1) is 11.6. The summed E-state index contributed by atoms with van der Waals surface area (Å²) in [5, 5.41) is 13.4. The summed E-state index contributed by atoms with van der Waals surface area (Å²) in [6, 6.07) is 9.77. The van der Waals surface area contributed by atoms with E-state index in [2.05, 4.69) is 21.0 Å². The largest absolute Gasteiger partial charge is 0.297 e. The Kier molecular flexibility index (Phi) is 4.88. The number of benzene rings is 1. The molecule has 120 valence electrons. The Morgan fingerprint density at radius 1 is 1.29 bits per heavy atom. The molecule has 2 aromatic heterocycles. The summed E-state index contributed by atoms with van der Waals surface area (Å²) in [6.45, 7) is 3.68. The van der Waals surface area contributed by atoms with E-state index >= 15 is 0 Å². The highest BCUT2D eigenvalue weighted by atomic mass is 32.2. The second-order valence-corrected chi connectivity index (χ2v) is 7.09. The molecular weight excluding hydrogens is 340 g/mol. The second kappa shape index (κ2) is 7.07. The highest BCUT2D eigenvalue weighted by Gasteiger charge is 2.23. The third kappa shape index (κ3) is 3.45. The quantitative estimate of drug-likeness (QED) is 0.514. The number of carbonyl (C=O) groups is 1. The summed E-state index contributed by atoms with van der Waals surface area (Å²) in [5.41, 5.74) is 1.68. The SMILES string of the molecule is Cc1csc([C@@H](C#N)C(=O)CSc2nc(C)nc3ccccc23)n1. The summed E-state index contributed by atoms with van der Waals surface area (Å²) in [5.74, 6) is -0.129. The molecule has 0 N–H and O–H groups in total. The summed E-state index contributed by atoms with van der Waals surface area (Å²) in [4.78, 5) is 25.6. The number of thioether (sulfide) groups is 1. The zero-order valence-corrected chi connectivity index (χ0v) is 14.8. The van der Waals surface area contributed by atoms with Gasteiger partial charge >= 0.3 is 0 Å². The van der Waals surface area contributed by atoms with Gasteiger partial charge in [0, 0.05) is 16.5 Å². The van der Waals surface area contributed by atoms with Crippen LogP contribution in [0.25, 0.3) is 10.9 Å². The minimum Gasteiger partial charge on any atom is -0.297 e. The topological polar surface area (TPSA) is 79.5 Å². The molecule has 0 aliphatic rings. The zero-order chi connectivity index (χ0) is 17.1. The fraction of sp³-hybridized carbons (Fsp3) is 0.235. The number of thiazole rings is 1. The van der Waals surface area contributed by atoms with Gasteiger partial charge in [0.15, 0.2) is 11.7 Å². The number of aromatic nitrogens is 3. The van der Waals surface area contributed by atoms with Crippen molar-refractivity contribution in [2.75, 3.05) is 5.75 Å². The number of fused-ring (bicyclic) bond motifs is 1. The molecule has 24 heavy (non-hydrogen) atoms. The molecule has 0 fully saturated rings. The van der Waals surface area contributed by atoms with Crippen LogP contribution in [0.4, 0.5) is 0 Å². The van der Waals surface area contributed by atoms with Gasteiger partial charge in [-0.25, -0.2) is 15.0 Å². The highest BCUT2D eigenvalue weighted by molar-refractivity contribution is 8.00. The lowest BCUT2D eigenvalue weighted by atomic mass is 10.1. The van der Waals surface area contributed by atoms with Crippen LogP contribution in [0.1, 0.15) is 22.4 Å². The lowest BCUT2D eigenvalue weighted by Gasteiger charge is -2.07. The molecule has 0 unspecified atom stereocenters. The molecule has 0 aliphatic carbocycles. The van der Waals surface area contributed by atoms with Crippen molar-refractivity contribution in [2.45, 2.75) is 24.8 Å². The van der Waals surface area contributed by atoms with E-state index < -0.39 is 5.92 Å². The third-order valence-electron chi connectivity index (χ3n) is 3.37. The molecule has 0 spiro atoms. The number of rotatable bonds is 5. The molecule has 0 saturated heterocycles. The molecule has 0 bridgehead atoms. The molecule has 0 saturated carbocycles. The summed E-state index contributed by atoms with van der Waals surface area (Å²) >= 11 is 2.69. The maximum atomic E-state index is 12.5. The van der Waals surface area contributed by atoms with Gasteiger partial charge in [-0.05, 0) is 19.9 Å². The van der Waals surface area contributed by atoms with Crippen molar-refractivity contribution in [1.29, 1.82) is 5.26 Å². The molecule has 3 rings (SSSR count). The van der Waals surface area contributed by atoms with Gasteiger partial charge in [0.2, 0.25) is 0 Å². The number of Topliss-reactive ketones (excluding diaryl/α,β-unsaturated/α-hetero) is 1. The van der Waals surface area contributed by atoms with Crippen molar-refractivity contribution in [3.63, 3.8) is 0 Å². The maximum Gasteiger partial charge on any atom is 0.167 e. The van der Waals surface area contributed by atoms with Gasteiger partial charge < -0.3 is 0 Å². The van der Waals surface area contributed by atoms with E-state index in [1.54, 1.807) is 0 Å². The van der Waals surface area contributed by atoms with Gasteiger partial charge in [0.25, 0.3) is 0 Å². The Labute approximate surface area is 147 Å². The second-order valence-electron chi connectivity index (χ2n) is 5.24. The zero-order valence-electron chi connectivity index (χ0n) is 13.2. The summed E-state index contributed by atoms with van der Waals surface area (Å²) < 4.78 is 0. The van der Waals surface area contributed by atoms with Crippen molar-refractivity contribution >= 4 is 39.8 Å². The maximum absolute atomic E-state index is 12.5. The van der Waals surface area contributed by atoms with Gasteiger partial charge in [0.1, 0.15) is 15.9 Å². The number of hydrogen-bond donors (Lipinski definition) is 0. The number of aryl methyl sites for hydroxylation is 2. The third-order valence-corrected chi connectivity index (χ3v) is 5.41. The first-order valence-corrected chi connectivity index (χ1v) is 9.15. The highest BCUT2D eigenvalue weighted by Crippen LogP contribution is 2.28. The van der Waals surface area contributed by atoms with Crippen LogP contribution >= 0.6 is 23.1 Å². The van der Waals surface area contributed by atoms with Gasteiger partial charge in [-0.3, -0.25) is 4.79 Å². The first-order valence-electron chi connectivity index (χ1n) is 7.29. The predicted molar refractivity (Wildman–Crippen MR) is 95.2 cm³/mol. The number of para-hydroxylation sites is 1. The van der Waals surface area contributed by atoms with Crippen LogP contribution in [0, 0.1) is 25.2 Å². The van der Waals surface area contributed by atoms with Crippen LogP contribution in [0.3, 0.4) is 0 Å². The number of carbonyl (C=O) groups excluding carboxylic acids is 1.